The summed E-state index contributed by atoms with van der Waals surface area (Å²) >= 11 is 1.72. The highest BCUT2D eigenvalue weighted by atomic mass is 32.1. The molecule has 0 spiro atoms. The maximum Gasteiger partial charge on any atom is 0.0897 e. The smallest absolute Gasteiger partial charge is 0.0897 e. The van der Waals surface area contributed by atoms with Crippen molar-refractivity contribution in [2.75, 3.05) is 20.1 Å². The predicted octanol–water partition coefficient (Wildman–Crippen LogP) is 1.62. The third kappa shape index (κ3) is 2.77. The number of thiazole rings is 1. The Balaban J connectivity index is 1.84. The van der Waals surface area contributed by atoms with Crippen LogP contribution in [0.4, 0.5) is 0 Å². The van der Waals surface area contributed by atoms with Crippen molar-refractivity contribution in [2.45, 2.75) is 26.3 Å². The van der Waals surface area contributed by atoms with Crippen LogP contribution in [0.2, 0.25) is 0 Å². The molecule has 0 bridgehead atoms. The van der Waals surface area contributed by atoms with E-state index in [1.54, 1.807) is 11.3 Å². The molecule has 0 unspecified atom stereocenters. The van der Waals surface area contributed by atoms with Crippen molar-refractivity contribution in [2.24, 2.45) is 11.1 Å². The Morgan fingerprint density at radius 2 is 2.33 bits per heavy atom. The number of nitrogens with zero attached hydrogens (tertiary/aromatic N) is 2. The van der Waals surface area contributed by atoms with Crippen LogP contribution in [0.5, 0.6) is 0 Å². The van der Waals surface area contributed by atoms with E-state index in [0.29, 0.717) is 5.41 Å². The van der Waals surface area contributed by atoms with E-state index < -0.39 is 0 Å². The molecule has 0 aromatic carbocycles. The molecular formula is C11H19N3S. The average Bonchev–Trinajstić information content (AvgIpc) is 2.84. The van der Waals surface area contributed by atoms with Crippen molar-refractivity contribution in [1.82, 2.24) is 9.88 Å². The number of hydrogen-bond donors (Lipinski definition) is 1. The summed E-state index contributed by atoms with van der Waals surface area (Å²) in [5.41, 5.74) is 7.39. The minimum absolute atomic E-state index is 0.430. The number of rotatable bonds is 5. The van der Waals surface area contributed by atoms with Gasteiger partial charge < -0.3 is 5.73 Å². The fourth-order valence-electron chi connectivity index (χ4n) is 1.99. The zero-order valence-electron chi connectivity index (χ0n) is 9.49. The molecule has 0 amide bonds. The fourth-order valence-corrected chi connectivity index (χ4v) is 2.59. The van der Waals surface area contributed by atoms with Gasteiger partial charge in [0.1, 0.15) is 0 Å². The van der Waals surface area contributed by atoms with Crippen LogP contribution in [-0.4, -0.2) is 30.0 Å². The molecule has 1 fully saturated rings. The number of aromatic nitrogens is 1. The molecule has 1 saturated carbocycles. The molecule has 0 atom stereocenters. The zero-order chi connectivity index (χ0) is 10.9. The van der Waals surface area contributed by atoms with Crippen molar-refractivity contribution >= 4 is 11.3 Å². The van der Waals surface area contributed by atoms with Gasteiger partial charge in [0.2, 0.25) is 0 Å². The lowest BCUT2D eigenvalue weighted by Gasteiger charge is -2.21. The van der Waals surface area contributed by atoms with Crippen LogP contribution in [0.25, 0.3) is 0 Å². The molecule has 1 aromatic heterocycles. The fraction of sp³-hybridized carbons (Fsp3) is 0.727. The molecule has 0 aliphatic heterocycles. The van der Waals surface area contributed by atoms with E-state index in [9.17, 15) is 0 Å². The van der Waals surface area contributed by atoms with Gasteiger partial charge in [-0.15, -0.1) is 11.3 Å². The predicted molar refractivity (Wildman–Crippen MR) is 63.9 cm³/mol. The van der Waals surface area contributed by atoms with Crippen LogP contribution in [0.15, 0.2) is 5.38 Å². The monoisotopic (exact) mass is 225 g/mol. The number of hydrogen-bond acceptors (Lipinski definition) is 4. The molecule has 1 aromatic rings. The molecule has 1 aliphatic carbocycles. The van der Waals surface area contributed by atoms with Gasteiger partial charge in [0, 0.05) is 18.5 Å². The van der Waals surface area contributed by atoms with Gasteiger partial charge in [0.15, 0.2) is 0 Å². The molecule has 1 heterocycles. The van der Waals surface area contributed by atoms with Crippen LogP contribution >= 0.6 is 11.3 Å². The first kappa shape index (κ1) is 11.0. The van der Waals surface area contributed by atoms with Crippen LogP contribution in [0, 0.1) is 12.3 Å². The molecule has 0 radical (unpaired) electrons. The van der Waals surface area contributed by atoms with Crippen molar-refractivity contribution in [1.29, 1.82) is 0 Å². The molecule has 84 valence electrons. The van der Waals surface area contributed by atoms with E-state index in [1.807, 2.05) is 0 Å². The maximum absolute atomic E-state index is 5.77. The van der Waals surface area contributed by atoms with Gasteiger partial charge in [-0.2, -0.15) is 0 Å². The maximum atomic E-state index is 5.77. The SMILES string of the molecule is Cc1nc(CN(C)CC2(CN)CC2)cs1. The van der Waals surface area contributed by atoms with Crippen molar-refractivity contribution in [3.05, 3.63) is 16.1 Å². The lowest BCUT2D eigenvalue weighted by Crippen LogP contribution is -2.31. The molecular weight excluding hydrogens is 206 g/mol. The Labute approximate surface area is 95.3 Å². The summed E-state index contributed by atoms with van der Waals surface area (Å²) in [5.74, 6) is 0. The van der Waals surface area contributed by atoms with E-state index in [0.717, 1.165) is 24.6 Å². The Kier molecular flexibility index (Phi) is 3.09. The normalized spacial score (nSPS) is 18.4. The first-order valence-electron chi connectivity index (χ1n) is 5.43. The Hall–Kier alpha value is -0.450. The third-order valence-electron chi connectivity index (χ3n) is 3.09. The highest BCUT2D eigenvalue weighted by Crippen LogP contribution is 2.44. The van der Waals surface area contributed by atoms with Gasteiger partial charge in [0.05, 0.1) is 10.7 Å². The topological polar surface area (TPSA) is 42.2 Å². The third-order valence-corrected chi connectivity index (χ3v) is 3.92. The Bertz CT molecular complexity index is 330. The highest BCUT2D eigenvalue weighted by Gasteiger charge is 2.41. The number of aryl methyl sites for hydroxylation is 1. The minimum Gasteiger partial charge on any atom is -0.330 e. The lowest BCUT2D eigenvalue weighted by atomic mass is 10.1. The second-order valence-corrected chi connectivity index (χ2v) is 5.80. The summed E-state index contributed by atoms with van der Waals surface area (Å²) in [5, 5.41) is 3.30. The molecule has 1 aliphatic rings. The van der Waals surface area contributed by atoms with Crippen LogP contribution in [0.3, 0.4) is 0 Å². The first-order valence-corrected chi connectivity index (χ1v) is 6.31. The van der Waals surface area contributed by atoms with Gasteiger partial charge >= 0.3 is 0 Å². The quantitative estimate of drug-likeness (QED) is 0.828. The summed E-state index contributed by atoms with van der Waals surface area (Å²) in [4.78, 5) is 6.81. The molecule has 3 nitrogen and oxygen atoms in total. The summed E-state index contributed by atoms with van der Waals surface area (Å²) in [6, 6.07) is 0. The standard InChI is InChI=1S/C11H19N3S/c1-9-13-10(6-15-9)5-14(2)8-11(7-12)3-4-11/h6H,3-5,7-8,12H2,1-2H3. The van der Waals surface area contributed by atoms with Gasteiger partial charge in [-0.25, -0.2) is 4.98 Å². The summed E-state index contributed by atoms with van der Waals surface area (Å²) in [6.45, 7) is 4.94. The van der Waals surface area contributed by atoms with E-state index in [1.165, 1.54) is 18.5 Å². The Morgan fingerprint density at radius 1 is 1.60 bits per heavy atom. The van der Waals surface area contributed by atoms with Crippen molar-refractivity contribution < 1.29 is 0 Å². The van der Waals surface area contributed by atoms with Gasteiger partial charge in [0.25, 0.3) is 0 Å². The molecule has 15 heavy (non-hydrogen) atoms. The zero-order valence-corrected chi connectivity index (χ0v) is 10.3. The molecule has 4 heteroatoms. The molecule has 2 N–H and O–H groups in total. The van der Waals surface area contributed by atoms with Gasteiger partial charge in [-0.1, -0.05) is 0 Å². The second kappa shape index (κ2) is 4.20. The van der Waals surface area contributed by atoms with Crippen LogP contribution in [0.1, 0.15) is 23.5 Å². The molecule has 0 saturated heterocycles. The van der Waals surface area contributed by atoms with E-state index >= 15 is 0 Å². The van der Waals surface area contributed by atoms with Gasteiger partial charge in [-0.3, -0.25) is 4.90 Å². The highest BCUT2D eigenvalue weighted by molar-refractivity contribution is 7.09. The summed E-state index contributed by atoms with van der Waals surface area (Å²) in [6.07, 6.45) is 2.59. The minimum atomic E-state index is 0.430. The van der Waals surface area contributed by atoms with Gasteiger partial charge in [-0.05, 0) is 38.8 Å². The lowest BCUT2D eigenvalue weighted by molar-refractivity contribution is 0.257. The van der Waals surface area contributed by atoms with E-state index in [4.69, 9.17) is 5.73 Å². The number of nitrogens with two attached hydrogens (primary N) is 1. The van der Waals surface area contributed by atoms with Crippen molar-refractivity contribution in [3.63, 3.8) is 0 Å². The van der Waals surface area contributed by atoms with Crippen molar-refractivity contribution in [3.8, 4) is 0 Å². The molecule has 2 rings (SSSR count). The first-order chi connectivity index (χ1) is 7.13. The van der Waals surface area contributed by atoms with Crippen LogP contribution < -0.4 is 5.73 Å². The largest absolute Gasteiger partial charge is 0.330 e. The van der Waals surface area contributed by atoms with Crippen LogP contribution in [-0.2, 0) is 6.54 Å². The summed E-state index contributed by atoms with van der Waals surface area (Å²) < 4.78 is 0. The van der Waals surface area contributed by atoms with E-state index in [2.05, 4.69) is 29.2 Å². The second-order valence-electron chi connectivity index (χ2n) is 4.73. The van der Waals surface area contributed by atoms with E-state index in [-0.39, 0.29) is 0 Å². The average molecular weight is 225 g/mol. The summed E-state index contributed by atoms with van der Waals surface area (Å²) in [7, 11) is 2.16. The Morgan fingerprint density at radius 3 is 2.80 bits per heavy atom.